The fraction of sp³-hybridized carbons (Fsp3) is 0.680. The number of nitrogens with one attached hydrogen (secondary N) is 1. The van der Waals surface area contributed by atoms with Crippen LogP contribution in [0, 0.1) is 5.41 Å². The van der Waals surface area contributed by atoms with E-state index in [1.165, 1.54) is 10.4 Å². The Labute approximate surface area is 234 Å². The van der Waals surface area contributed by atoms with Crippen molar-refractivity contribution in [3.8, 4) is 0 Å². The van der Waals surface area contributed by atoms with Crippen LogP contribution in [-0.2, 0) is 21.4 Å². The van der Waals surface area contributed by atoms with Crippen molar-refractivity contribution in [2.75, 3.05) is 5.75 Å². The van der Waals surface area contributed by atoms with Crippen LogP contribution in [0.2, 0.25) is 10.0 Å². The third-order valence-electron chi connectivity index (χ3n) is 7.84. The lowest BCUT2D eigenvalue weighted by Crippen LogP contribution is -2.78. The van der Waals surface area contributed by atoms with Gasteiger partial charge in [0.25, 0.3) is 0 Å². The minimum Gasteiger partial charge on any atom is -0.366 e. The molecule has 0 amide bonds. The van der Waals surface area contributed by atoms with Crippen LogP contribution in [0.5, 0.6) is 0 Å². The maximum Gasteiger partial charge on any atom is 0.389 e. The minimum atomic E-state index is -4.34. The standard InChI is InChI=1S/C25H30Cl2F5N3O3S/c1-22(2)20(18(36)4-3-8-25(30,31)32)33-21(34-22)23-12-24(13-23,14-23)35(39(37,38)9-7-19(28)29)11-15-5-6-16(26)17(27)10-15/h5-6,10,19-20H,3-4,7-9,11-14H2,1-2H3,(H,33,34)/t20-,23?,24?/m0/s1. The number of halogens is 7. The zero-order valence-corrected chi connectivity index (χ0v) is 23.8. The molecule has 0 aromatic heterocycles. The van der Waals surface area contributed by atoms with E-state index in [4.69, 9.17) is 23.2 Å². The van der Waals surface area contributed by atoms with E-state index in [2.05, 4.69) is 10.3 Å². The molecule has 3 saturated carbocycles. The van der Waals surface area contributed by atoms with Crippen molar-refractivity contribution in [3.63, 3.8) is 0 Å². The number of ketones is 1. The molecule has 3 aliphatic carbocycles. The molecule has 6 nitrogen and oxygen atoms in total. The van der Waals surface area contributed by atoms with Gasteiger partial charge in [0, 0.05) is 36.8 Å². The number of sulfonamides is 1. The molecule has 39 heavy (non-hydrogen) atoms. The number of nitrogens with zero attached hydrogens (tertiary/aromatic N) is 2. The van der Waals surface area contributed by atoms with Crippen LogP contribution in [0.1, 0.15) is 64.4 Å². The lowest BCUT2D eigenvalue weighted by molar-refractivity contribution is -0.151. The number of Topliss-reactive ketones (excluding diaryl/α,β-unsaturated/α-hetero) is 1. The molecule has 1 N–H and O–H groups in total. The Hall–Kier alpha value is -1.50. The topological polar surface area (TPSA) is 78.8 Å². The van der Waals surface area contributed by atoms with Gasteiger partial charge in [-0.25, -0.2) is 17.2 Å². The van der Waals surface area contributed by atoms with Crippen LogP contribution < -0.4 is 5.32 Å². The highest BCUT2D eigenvalue weighted by molar-refractivity contribution is 7.89. The Kier molecular flexibility index (Phi) is 8.12. The second-order valence-electron chi connectivity index (χ2n) is 11.4. The van der Waals surface area contributed by atoms with Gasteiger partial charge in [0.15, 0.2) is 5.78 Å². The number of carbonyl (C=O) groups is 1. The summed E-state index contributed by atoms with van der Waals surface area (Å²) in [5, 5.41) is 3.79. The van der Waals surface area contributed by atoms with E-state index in [-0.39, 0.29) is 30.2 Å². The van der Waals surface area contributed by atoms with Crippen molar-refractivity contribution in [3.05, 3.63) is 33.8 Å². The summed E-state index contributed by atoms with van der Waals surface area (Å²) in [4.78, 5) is 17.3. The first-order chi connectivity index (χ1) is 17.9. The molecule has 2 bridgehead atoms. The summed E-state index contributed by atoms with van der Waals surface area (Å²) in [6.07, 6.45) is -8.35. The SMILES string of the molecule is CC1(C)NC(C23CC(N(Cc4ccc(Cl)c(Cl)c4)S(=O)(=O)CCC(F)F)(C2)C3)=N[C@H]1C(=O)CCCC(F)(F)F. The van der Waals surface area contributed by atoms with Crippen molar-refractivity contribution in [2.24, 2.45) is 10.4 Å². The Morgan fingerprint density at radius 2 is 1.82 bits per heavy atom. The Morgan fingerprint density at radius 3 is 2.38 bits per heavy atom. The molecule has 218 valence electrons. The quantitative estimate of drug-likeness (QED) is 0.285. The number of rotatable bonds is 12. The normalized spacial score (nSPS) is 27.7. The van der Waals surface area contributed by atoms with E-state index in [9.17, 15) is 35.2 Å². The lowest BCUT2D eigenvalue weighted by Gasteiger charge is -2.73. The molecule has 1 atom stereocenters. The summed E-state index contributed by atoms with van der Waals surface area (Å²) < 4.78 is 91.2. The van der Waals surface area contributed by atoms with Crippen molar-refractivity contribution in [1.82, 2.24) is 9.62 Å². The first kappa shape index (κ1) is 30.5. The predicted octanol–water partition coefficient (Wildman–Crippen LogP) is 6.15. The Bertz CT molecular complexity index is 1250. The summed E-state index contributed by atoms with van der Waals surface area (Å²) in [6, 6.07) is 3.86. The van der Waals surface area contributed by atoms with Crippen LogP contribution in [0.4, 0.5) is 22.0 Å². The van der Waals surface area contributed by atoms with E-state index in [1.807, 2.05) is 0 Å². The zero-order chi connectivity index (χ0) is 29.0. The van der Waals surface area contributed by atoms with Gasteiger partial charge in [0.05, 0.1) is 21.3 Å². The third-order valence-corrected chi connectivity index (χ3v) is 10.5. The molecule has 14 heteroatoms. The van der Waals surface area contributed by atoms with Crippen LogP contribution in [0.15, 0.2) is 23.2 Å². The number of hydrogen-bond acceptors (Lipinski definition) is 5. The van der Waals surface area contributed by atoms with Gasteiger partial charge in [-0.1, -0.05) is 29.3 Å². The summed E-state index contributed by atoms with van der Waals surface area (Å²) in [6.45, 7) is 3.44. The first-order valence-electron chi connectivity index (χ1n) is 12.6. The summed E-state index contributed by atoms with van der Waals surface area (Å²) in [5.41, 5.74) is -1.55. The molecule has 1 heterocycles. The van der Waals surface area contributed by atoms with E-state index < -0.39 is 63.8 Å². The largest absolute Gasteiger partial charge is 0.389 e. The van der Waals surface area contributed by atoms with Gasteiger partial charge >= 0.3 is 6.18 Å². The molecular weight excluding hydrogens is 588 g/mol. The monoisotopic (exact) mass is 617 g/mol. The van der Waals surface area contributed by atoms with Gasteiger partial charge in [-0.15, -0.1) is 0 Å². The van der Waals surface area contributed by atoms with E-state index in [1.54, 1.807) is 26.0 Å². The second kappa shape index (κ2) is 10.4. The lowest BCUT2D eigenvalue weighted by atomic mass is 9.38. The number of benzene rings is 1. The van der Waals surface area contributed by atoms with E-state index in [0.29, 0.717) is 35.7 Å². The van der Waals surface area contributed by atoms with Crippen LogP contribution in [0.3, 0.4) is 0 Å². The molecule has 0 radical (unpaired) electrons. The maximum atomic E-state index is 13.3. The van der Waals surface area contributed by atoms with Crippen LogP contribution in [0.25, 0.3) is 0 Å². The molecule has 0 saturated heterocycles. The minimum absolute atomic E-state index is 0.0652. The van der Waals surface area contributed by atoms with Gasteiger partial charge in [0.2, 0.25) is 16.4 Å². The van der Waals surface area contributed by atoms with Crippen molar-refractivity contribution < 1.29 is 35.2 Å². The molecule has 0 spiro atoms. The Balaban J connectivity index is 1.50. The molecule has 1 aliphatic heterocycles. The summed E-state index contributed by atoms with van der Waals surface area (Å²) in [7, 11) is -4.07. The molecular formula is C25H30Cl2F5N3O3S. The number of amidine groups is 1. The van der Waals surface area contributed by atoms with Gasteiger partial charge in [-0.05, 0) is 57.2 Å². The first-order valence-corrected chi connectivity index (χ1v) is 14.9. The van der Waals surface area contributed by atoms with Gasteiger partial charge in [-0.3, -0.25) is 9.79 Å². The molecule has 4 aliphatic rings. The maximum absolute atomic E-state index is 13.3. The predicted molar refractivity (Wildman–Crippen MR) is 139 cm³/mol. The number of alkyl halides is 5. The highest BCUT2D eigenvalue weighted by atomic mass is 35.5. The third kappa shape index (κ3) is 6.23. The summed E-state index contributed by atoms with van der Waals surface area (Å²) >= 11 is 12.1. The highest BCUT2D eigenvalue weighted by Crippen LogP contribution is 2.71. The fourth-order valence-corrected chi connectivity index (χ4v) is 8.15. The average molecular weight is 618 g/mol. The van der Waals surface area contributed by atoms with Crippen molar-refractivity contribution in [2.45, 2.75) is 95.1 Å². The van der Waals surface area contributed by atoms with Gasteiger partial charge in [-0.2, -0.15) is 17.5 Å². The van der Waals surface area contributed by atoms with Gasteiger partial charge in [0.1, 0.15) is 11.9 Å². The Morgan fingerprint density at radius 1 is 1.18 bits per heavy atom. The average Bonchev–Trinajstić information content (AvgIpc) is 3.06. The molecule has 0 unspecified atom stereocenters. The van der Waals surface area contributed by atoms with E-state index >= 15 is 0 Å². The fourth-order valence-electron chi connectivity index (χ4n) is 6.00. The highest BCUT2D eigenvalue weighted by Gasteiger charge is 2.75. The molecule has 1 aromatic carbocycles. The van der Waals surface area contributed by atoms with Crippen molar-refractivity contribution >= 4 is 44.8 Å². The number of aliphatic imine (C=N–C) groups is 1. The second-order valence-corrected chi connectivity index (χ2v) is 14.3. The number of hydrogen-bond donors (Lipinski definition) is 1. The molecule has 3 fully saturated rings. The number of carbonyl (C=O) groups excluding carboxylic acids is 1. The van der Waals surface area contributed by atoms with Gasteiger partial charge < -0.3 is 5.32 Å². The molecule has 1 aromatic rings. The summed E-state index contributed by atoms with van der Waals surface area (Å²) in [5.74, 6) is -0.548. The smallest absolute Gasteiger partial charge is 0.366 e. The van der Waals surface area contributed by atoms with E-state index in [0.717, 1.165) is 0 Å². The zero-order valence-electron chi connectivity index (χ0n) is 21.4. The van der Waals surface area contributed by atoms with Crippen LogP contribution >= 0.6 is 23.2 Å². The van der Waals surface area contributed by atoms with Crippen molar-refractivity contribution in [1.29, 1.82) is 0 Å². The molecule has 5 rings (SSSR count). The van der Waals surface area contributed by atoms with Crippen LogP contribution in [-0.4, -0.2) is 59.8 Å².